The number of hydrogen-bond donors (Lipinski definition) is 1. The second-order valence-electron chi connectivity index (χ2n) is 8.98. The number of piperidine rings is 1. The van der Waals surface area contributed by atoms with Gasteiger partial charge in [-0.25, -0.2) is 8.42 Å². The van der Waals surface area contributed by atoms with E-state index in [-0.39, 0.29) is 35.7 Å². The van der Waals surface area contributed by atoms with Crippen molar-refractivity contribution in [1.29, 1.82) is 0 Å². The summed E-state index contributed by atoms with van der Waals surface area (Å²) in [5.74, 6) is 0.848. The lowest BCUT2D eigenvalue weighted by Crippen LogP contribution is -2.43. The van der Waals surface area contributed by atoms with Crippen LogP contribution in [-0.4, -0.2) is 62.2 Å². The molecule has 1 aromatic heterocycles. The molecule has 0 bridgehead atoms. The molecular formula is C24H31N3O6S. The molecule has 184 valence electrons. The molecule has 2 aliphatic heterocycles. The first kappa shape index (κ1) is 24.3. The molecule has 1 N–H and O–H groups in total. The molecule has 4 rings (SSSR count). The van der Waals surface area contributed by atoms with E-state index in [9.17, 15) is 18.0 Å². The molecule has 9 nitrogen and oxygen atoms in total. The van der Waals surface area contributed by atoms with Crippen molar-refractivity contribution in [2.24, 2.45) is 5.92 Å². The summed E-state index contributed by atoms with van der Waals surface area (Å²) in [4.78, 5) is 26.6. The molecule has 1 saturated heterocycles. The van der Waals surface area contributed by atoms with E-state index in [2.05, 4.69) is 5.32 Å². The van der Waals surface area contributed by atoms with E-state index in [0.717, 1.165) is 18.6 Å². The fraction of sp³-hybridized carbons (Fsp3) is 0.500. The molecule has 0 saturated carbocycles. The third kappa shape index (κ3) is 4.97. The Morgan fingerprint density at radius 3 is 2.68 bits per heavy atom. The number of ether oxygens (including phenoxy) is 1. The Morgan fingerprint density at radius 1 is 1.26 bits per heavy atom. The second kappa shape index (κ2) is 9.79. The topological polar surface area (TPSA) is 109 Å². The Morgan fingerprint density at radius 2 is 2.00 bits per heavy atom. The highest BCUT2D eigenvalue weighted by atomic mass is 32.2. The standard InChI is InChI=1S/C24H31N3O6S/c1-16-14-20-21(33-17(2)23(28)25-20)15-22(16)34(30,31)27-11-8-18(9-12-27)24(29)26(3)10-4-6-19-7-5-13-32-19/h5,7,13-15,17-18H,4,6,8-12H2,1-3H3,(H,25,28). The normalized spacial score (nSPS) is 19.3. The average molecular weight is 490 g/mol. The zero-order valence-corrected chi connectivity index (χ0v) is 20.6. The summed E-state index contributed by atoms with van der Waals surface area (Å²) >= 11 is 0. The number of sulfonamides is 1. The minimum Gasteiger partial charge on any atom is -0.479 e. The molecule has 1 unspecified atom stereocenters. The van der Waals surface area contributed by atoms with Crippen molar-refractivity contribution in [3.63, 3.8) is 0 Å². The van der Waals surface area contributed by atoms with Gasteiger partial charge in [-0.2, -0.15) is 4.31 Å². The molecule has 10 heteroatoms. The van der Waals surface area contributed by atoms with Crippen molar-refractivity contribution in [3.8, 4) is 5.75 Å². The van der Waals surface area contributed by atoms with Crippen LogP contribution < -0.4 is 10.1 Å². The van der Waals surface area contributed by atoms with Gasteiger partial charge in [0, 0.05) is 45.1 Å². The van der Waals surface area contributed by atoms with Crippen LogP contribution in [-0.2, 0) is 26.0 Å². The molecule has 0 aliphatic carbocycles. The van der Waals surface area contributed by atoms with E-state index in [1.807, 2.05) is 12.1 Å². The minimum atomic E-state index is -3.76. The van der Waals surface area contributed by atoms with Gasteiger partial charge in [0.05, 0.1) is 16.8 Å². The summed E-state index contributed by atoms with van der Waals surface area (Å²) < 4.78 is 39.1. The van der Waals surface area contributed by atoms with Gasteiger partial charge in [-0.1, -0.05) is 0 Å². The van der Waals surface area contributed by atoms with Gasteiger partial charge in [0.25, 0.3) is 5.91 Å². The van der Waals surface area contributed by atoms with Crippen LogP contribution >= 0.6 is 0 Å². The van der Waals surface area contributed by atoms with Gasteiger partial charge in [0.15, 0.2) is 6.10 Å². The first-order chi connectivity index (χ1) is 16.2. The summed E-state index contributed by atoms with van der Waals surface area (Å²) in [6.45, 7) is 4.50. The number of nitrogens with one attached hydrogen (secondary N) is 1. The van der Waals surface area contributed by atoms with Crippen LogP contribution in [0.5, 0.6) is 5.75 Å². The highest BCUT2D eigenvalue weighted by molar-refractivity contribution is 7.89. The number of carbonyl (C=O) groups excluding carboxylic acids is 2. The molecule has 2 aliphatic rings. The molecule has 1 aromatic carbocycles. The Labute approximate surface area is 200 Å². The third-order valence-electron chi connectivity index (χ3n) is 6.50. The number of anilines is 1. The maximum atomic E-state index is 13.4. The van der Waals surface area contributed by atoms with E-state index in [0.29, 0.717) is 36.4 Å². The molecule has 34 heavy (non-hydrogen) atoms. The van der Waals surface area contributed by atoms with E-state index in [1.165, 1.54) is 10.4 Å². The summed E-state index contributed by atoms with van der Waals surface area (Å²) in [5.41, 5.74) is 1.01. The van der Waals surface area contributed by atoms with Crippen LogP contribution in [0.4, 0.5) is 5.69 Å². The van der Waals surface area contributed by atoms with Gasteiger partial charge >= 0.3 is 0 Å². The second-order valence-corrected chi connectivity index (χ2v) is 10.9. The van der Waals surface area contributed by atoms with Crippen LogP contribution in [0.2, 0.25) is 0 Å². The first-order valence-electron chi connectivity index (χ1n) is 11.6. The third-order valence-corrected chi connectivity index (χ3v) is 8.54. The average Bonchev–Trinajstić information content (AvgIpc) is 3.33. The lowest BCUT2D eigenvalue weighted by molar-refractivity contribution is -0.135. The summed E-state index contributed by atoms with van der Waals surface area (Å²) in [5, 5.41) is 2.74. The highest BCUT2D eigenvalue weighted by Gasteiger charge is 2.35. The van der Waals surface area contributed by atoms with E-state index >= 15 is 0 Å². The van der Waals surface area contributed by atoms with Gasteiger partial charge in [-0.15, -0.1) is 0 Å². The Bertz CT molecular complexity index is 1150. The number of carbonyl (C=O) groups is 2. The SMILES string of the molecule is Cc1cc2c(cc1S(=O)(=O)N1CCC(C(=O)N(C)CCCc3ccco3)CC1)OC(C)C(=O)N2. The number of benzene rings is 1. The number of hydrogen-bond acceptors (Lipinski definition) is 6. The number of aryl methyl sites for hydroxylation is 2. The number of furan rings is 1. The molecule has 3 heterocycles. The van der Waals surface area contributed by atoms with Crippen LogP contribution in [0.3, 0.4) is 0 Å². The predicted molar refractivity (Wildman–Crippen MR) is 126 cm³/mol. The number of nitrogens with zero attached hydrogens (tertiary/aromatic N) is 2. The minimum absolute atomic E-state index is 0.0552. The van der Waals surface area contributed by atoms with Crippen LogP contribution in [0, 0.1) is 12.8 Å². The zero-order chi connectivity index (χ0) is 24.5. The van der Waals surface area contributed by atoms with E-state index in [1.54, 1.807) is 38.1 Å². The quantitative estimate of drug-likeness (QED) is 0.641. The maximum absolute atomic E-state index is 13.4. The zero-order valence-electron chi connectivity index (χ0n) is 19.7. The lowest BCUT2D eigenvalue weighted by Gasteiger charge is -2.33. The van der Waals surface area contributed by atoms with Crippen LogP contribution in [0.25, 0.3) is 0 Å². The molecule has 1 atom stereocenters. The summed E-state index contributed by atoms with van der Waals surface area (Å²) in [7, 11) is -1.97. The van der Waals surface area contributed by atoms with Crippen LogP contribution in [0.1, 0.15) is 37.5 Å². The molecule has 0 radical (unpaired) electrons. The predicted octanol–water partition coefficient (Wildman–Crippen LogP) is 2.80. The van der Waals surface area contributed by atoms with Gasteiger partial charge < -0.3 is 19.4 Å². The van der Waals surface area contributed by atoms with Gasteiger partial charge in [-0.3, -0.25) is 9.59 Å². The maximum Gasteiger partial charge on any atom is 0.265 e. The Kier molecular flexibility index (Phi) is 6.99. The number of fused-ring (bicyclic) bond motifs is 1. The lowest BCUT2D eigenvalue weighted by atomic mass is 9.96. The molecule has 2 amide bonds. The van der Waals surface area contributed by atoms with E-state index < -0.39 is 16.1 Å². The van der Waals surface area contributed by atoms with Crippen molar-refractivity contribution in [1.82, 2.24) is 9.21 Å². The number of rotatable bonds is 7. The Balaban J connectivity index is 1.36. The first-order valence-corrected chi connectivity index (χ1v) is 13.0. The fourth-order valence-electron chi connectivity index (χ4n) is 4.47. The smallest absolute Gasteiger partial charge is 0.265 e. The molecule has 1 fully saturated rings. The van der Waals surface area contributed by atoms with Crippen molar-refractivity contribution >= 4 is 27.5 Å². The van der Waals surface area contributed by atoms with Crippen molar-refractivity contribution in [2.75, 3.05) is 32.0 Å². The monoisotopic (exact) mass is 489 g/mol. The summed E-state index contributed by atoms with van der Waals surface area (Å²) in [6, 6.07) is 6.88. The highest BCUT2D eigenvalue weighted by Crippen LogP contribution is 2.36. The Hall–Kier alpha value is -2.85. The molecule has 0 spiro atoms. The fourth-order valence-corrected chi connectivity index (χ4v) is 6.16. The van der Waals surface area contributed by atoms with Crippen molar-refractivity contribution in [3.05, 3.63) is 41.9 Å². The largest absolute Gasteiger partial charge is 0.479 e. The van der Waals surface area contributed by atoms with Gasteiger partial charge in [0.2, 0.25) is 15.9 Å². The van der Waals surface area contributed by atoms with Crippen molar-refractivity contribution in [2.45, 2.75) is 50.5 Å². The molecular weight excluding hydrogens is 458 g/mol. The summed E-state index contributed by atoms with van der Waals surface area (Å²) in [6.07, 6.45) is 3.49. The number of amides is 2. The van der Waals surface area contributed by atoms with Gasteiger partial charge in [0.1, 0.15) is 11.5 Å². The molecule has 2 aromatic rings. The van der Waals surface area contributed by atoms with E-state index in [4.69, 9.17) is 9.15 Å². The van der Waals surface area contributed by atoms with Crippen molar-refractivity contribution < 1.29 is 27.2 Å². The van der Waals surface area contributed by atoms with Gasteiger partial charge in [-0.05, 0) is 56.9 Å². The van der Waals surface area contributed by atoms with Crippen LogP contribution in [0.15, 0.2) is 39.8 Å².